The molecule has 0 aliphatic rings. The van der Waals surface area contributed by atoms with Crippen molar-refractivity contribution < 1.29 is 18.0 Å². The van der Waals surface area contributed by atoms with Crippen LogP contribution < -0.4 is 0 Å². The standard InChI is InChI=1S/C9H6F3IO/c1-5(14)7-3-2-6(13)4-8(7)9(10,11)12/h2-4H,1H3. The van der Waals surface area contributed by atoms with Crippen molar-refractivity contribution in [3.05, 3.63) is 32.9 Å². The highest BCUT2D eigenvalue weighted by molar-refractivity contribution is 14.1. The second-order valence-corrected chi connectivity index (χ2v) is 3.99. The Kier molecular flexibility index (Phi) is 3.18. The first-order chi connectivity index (χ1) is 6.32. The Hall–Kier alpha value is -0.590. The molecule has 0 aliphatic heterocycles. The molecule has 14 heavy (non-hydrogen) atoms. The minimum Gasteiger partial charge on any atom is -0.294 e. The molecule has 0 radical (unpaired) electrons. The van der Waals surface area contributed by atoms with Crippen LogP contribution >= 0.6 is 22.6 Å². The molecule has 0 N–H and O–H groups in total. The topological polar surface area (TPSA) is 17.1 Å². The van der Waals surface area contributed by atoms with Gasteiger partial charge in [-0.25, -0.2) is 0 Å². The predicted octanol–water partition coefficient (Wildman–Crippen LogP) is 3.51. The number of benzene rings is 1. The molecular formula is C9H6F3IO. The molecule has 5 heteroatoms. The number of hydrogen-bond acceptors (Lipinski definition) is 1. The van der Waals surface area contributed by atoms with E-state index in [0.717, 1.165) is 13.0 Å². The van der Waals surface area contributed by atoms with Gasteiger partial charge in [-0.2, -0.15) is 13.2 Å². The van der Waals surface area contributed by atoms with Gasteiger partial charge in [0.05, 0.1) is 5.56 Å². The third-order valence-electron chi connectivity index (χ3n) is 1.67. The van der Waals surface area contributed by atoms with Crippen LogP contribution in [0.2, 0.25) is 0 Å². The first-order valence-electron chi connectivity index (χ1n) is 3.70. The number of halogens is 4. The summed E-state index contributed by atoms with van der Waals surface area (Å²) in [6.07, 6.45) is -4.47. The lowest BCUT2D eigenvalue weighted by Crippen LogP contribution is -2.11. The van der Waals surface area contributed by atoms with Crippen molar-refractivity contribution in [2.24, 2.45) is 0 Å². The fourth-order valence-corrected chi connectivity index (χ4v) is 1.55. The Labute approximate surface area is 92.4 Å². The van der Waals surface area contributed by atoms with E-state index < -0.39 is 17.5 Å². The third-order valence-corrected chi connectivity index (χ3v) is 2.34. The highest BCUT2D eigenvalue weighted by Gasteiger charge is 2.34. The van der Waals surface area contributed by atoms with Crippen molar-refractivity contribution in [1.82, 2.24) is 0 Å². The second-order valence-electron chi connectivity index (χ2n) is 2.74. The zero-order valence-corrected chi connectivity index (χ0v) is 9.31. The summed E-state index contributed by atoms with van der Waals surface area (Å²) in [6.45, 7) is 1.12. The number of rotatable bonds is 1. The molecule has 0 fully saturated rings. The van der Waals surface area contributed by atoms with Gasteiger partial charge in [-0.3, -0.25) is 4.79 Å². The molecule has 0 spiro atoms. The van der Waals surface area contributed by atoms with Gasteiger partial charge in [0.2, 0.25) is 0 Å². The van der Waals surface area contributed by atoms with Gasteiger partial charge >= 0.3 is 6.18 Å². The quantitative estimate of drug-likeness (QED) is 0.573. The molecule has 1 aromatic carbocycles. The summed E-state index contributed by atoms with van der Waals surface area (Å²) < 4.78 is 37.8. The largest absolute Gasteiger partial charge is 0.417 e. The van der Waals surface area contributed by atoms with Crippen LogP contribution in [0.1, 0.15) is 22.8 Å². The molecule has 0 aromatic heterocycles. The normalized spacial score (nSPS) is 11.5. The lowest BCUT2D eigenvalue weighted by atomic mass is 10.0. The summed E-state index contributed by atoms with van der Waals surface area (Å²) in [7, 11) is 0. The van der Waals surface area contributed by atoms with Crippen LogP contribution in [0.4, 0.5) is 13.2 Å². The van der Waals surface area contributed by atoms with Crippen LogP contribution in [0, 0.1) is 3.57 Å². The monoisotopic (exact) mass is 314 g/mol. The maximum atomic E-state index is 12.4. The zero-order chi connectivity index (χ0) is 10.9. The first-order valence-corrected chi connectivity index (χ1v) is 4.78. The van der Waals surface area contributed by atoms with Gasteiger partial charge in [-0.1, -0.05) is 0 Å². The van der Waals surface area contributed by atoms with Crippen molar-refractivity contribution in [3.63, 3.8) is 0 Å². The van der Waals surface area contributed by atoms with Crippen LogP contribution in [-0.2, 0) is 6.18 Å². The maximum Gasteiger partial charge on any atom is 0.417 e. The summed E-state index contributed by atoms with van der Waals surface area (Å²) in [5, 5.41) is 0. The van der Waals surface area contributed by atoms with Crippen LogP contribution in [0.3, 0.4) is 0 Å². The lowest BCUT2D eigenvalue weighted by Gasteiger charge is -2.10. The summed E-state index contributed by atoms with van der Waals surface area (Å²) in [6, 6.07) is 3.65. The Morgan fingerprint density at radius 3 is 2.36 bits per heavy atom. The SMILES string of the molecule is CC(=O)c1ccc(I)cc1C(F)(F)F. The lowest BCUT2D eigenvalue weighted by molar-refractivity contribution is -0.137. The van der Waals surface area contributed by atoms with E-state index in [4.69, 9.17) is 0 Å². The number of Topliss-reactive ketones (excluding diaryl/α,β-unsaturated/α-hetero) is 1. The molecule has 0 saturated heterocycles. The molecule has 0 unspecified atom stereocenters. The molecule has 0 amide bonds. The van der Waals surface area contributed by atoms with Crippen molar-refractivity contribution in [2.45, 2.75) is 13.1 Å². The molecule has 0 atom stereocenters. The number of carbonyl (C=O) groups excluding carboxylic acids is 1. The summed E-state index contributed by atoms with van der Waals surface area (Å²) >= 11 is 1.77. The van der Waals surface area contributed by atoms with E-state index in [1.807, 2.05) is 0 Å². The van der Waals surface area contributed by atoms with Gasteiger partial charge in [-0.05, 0) is 47.7 Å². The van der Waals surface area contributed by atoms with E-state index >= 15 is 0 Å². The van der Waals surface area contributed by atoms with Crippen LogP contribution in [0.25, 0.3) is 0 Å². The van der Waals surface area contributed by atoms with E-state index in [-0.39, 0.29) is 5.56 Å². The van der Waals surface area contributed by atoms with E-state index in [0.29, 0.717) is 3.57 Å². The molecule has 0 heterocycles. The summed E-state index contributed by atoms with van der Waals surface area (Å²) in [5.74, 6) is -0.575. The minimum atomic E-state index is -4.47. The maximum absolute atomic E-state index is 12.4. The molecule has 1 nitrogen and oxygen atoms in total. The molecule has 76 valence electrons. The average molecular weight is 314 g/mol. The number of carbonyl (C=O) groups is 1. The number of ketones is 1. The smallest absolute Gasteiger partial charge is 0.294 e. The third kappa shape index (κ3) is 2.46. The van der Waals surface area contributed by atoms with Crippen molar-refractivity contribution in [2.75, 3.05) is 0 Å². The van der Waals surface area contributed by atoms with Crippen LogP contribution in [-0.4, -0.2) is 5.78 Å². The van der Waals surface area contributed by atoms with Crippen molar-refractivity contribution in [3.8, 4) is 0 Å². The number of alkyl halides is 3. The Bertz CT molecular complexity index is 371. The summed E-state index contributed by atoms with van der Waals surface area (Å²) in [4.78, 5) is 10.9. The molecular weight excluding hydrogens is 308 g/mol. The fourth-order valence-electron chi connectivity index (χ4n) is 1.06. The van der Waals surface area contributed by atoms with E-state index in [1.54, 1.807) is 22.6 Å². The minimum absolute atomic E-state index is 0.280. The van der Waals surface area contributed by atoms with Crippen molar-refractivity contribution >= 4 is 28.4 Å². The Morgan fingerprint density at radius 1 is 1.36 bits per heavy atom. The molecule has 1 rings (SSSR count). The summed E-state index contributed by atoms with van der Waals surface area (Å²) in [5.41, 5.74) is -1.14. The molecule has 0 aliphatic carbocycles. The van der Waals surface area contributed by atoms with Gasteiger partial charge in [0, 0.05) is 9.13 Å². The molecule has 0 saturated carbocycles. The van der Waals surface area contributed by atoms with E-state index in [9.17, 15) is 18.0 Å². The van der Waals surface area contributed by atoms with Crippen LogP contribution in [0.15, 0.2) is 18.2 Å². The molecule has 1 aromatic rings. The van der Waals surface area contributed by atoms with E-state index in [1.165, 1.54) is 12.1 Å². The highest BCUT2D eigenvalue weighted by Crippen LogP contribution is 2.33. The Morgan fingerprint density at radius 2 is 1.93 bits per heavy atom. The second kappa shape index (κ2) is 3.88. The number of hydrogen-bond donors (Lipinski definition) is 0. The molecule has 0 bridgehead atoms. The van der Waals surface area contributed by atoms with Gasteiger partial charge in [0.1, 0.15) is 0 Å². The van der Waals surface area contributed by atoms with Gasteiger partial charge < -0.3 is 0 Å². The van der Waals surface area contributed by atoms with Crippen molar-refractivity contribution in [1.29, 1.82) is 0 Å². The predicted molar refractivity (Wildman–Crippen MR) is 54.2 cm³/mol. The van der Waals surface area contributed by atoms with E-state index in [2.05, 4.69) is 0 Å². The van der Waals surface area contributed by atoms with Gasteiger partial charge in [0.15, 0.2) is 5.78 Å². The van der Waals surface area contributed by atoms with Crippen LogP contribution in [0.5, 0.6) is 0 Å². The van der Waals surface area contributed by atoms with Gasteiger partial charge in [-0.15, -0.1) is 0 Å². The first kappa shape index (κ1) is 11.5. The Balaban J connectivity index is 3.38. The zero-order valence-electron chi connectivity index (χ0n) is 7.15. The van der Waals surface area contributed by atoms with Gasteiger partial charge in [0.25, 0.3) is 0 Å². The highest BCUT2D eigenvalue weighted by atomic mass is 127. The fraction of sp³-hybridized carbons (Fsp3) is 0.222. The average Bonchev–Trinajstić information content (AvgIpc) is 2.01.